The Labute approximate surface area is 168 Å². The van der Waals surface area contributed by atoms with Crippen molar-refractivity contribution in [1.82, 2.24) is 9.80 Å². The van der Waals surface area contributed by atoms with E-state index >= 15 is 0 Å². The molecule has 2 unspecified atom stereocenters. The molecule has 3 rings (SSSR count). The van der Waals surface area contributed by atoms with Gasteiger partial charge >= 0.3 is 0 Å². The molecule has 0 radical (unpaired) electrons. The van der Waals surface area contributed by atoms with E-state index in [-0.39, 0.29) is 16.6 Å². The molecule has 0 aromatic heterocycles. The summed E-state index contributed by atoms with van der Waals surface area (Å²) in [5.41, 5.74) is 0.459. The zero-order chi connectivity index (χ0) is 20.3. The van der Waals surface area contributed by atoms with Crippen molar-refractivity contribution < 1.29 is 13.2 Å². The van der Waals surface area contributed by atoms with Crippen molar-refractivity contribution in [3.63, 3.8) is 0 Å². The molecule has 2 saturated heterocycles. The van der Waals surface area contributed by atoms with Gasteiger partial charge in [-0.2, -0.15) is 5.26 Å². The highest BCUT2D eigenvalue weighted by molar-refractivity contribution is 7.91. The SMILES string of the molecule is CC(C)CC(=O)N1CC2CCC(C1)N2CCCS(=O)(=O)c1ccc(C#N)cc1. The summed E-state index contributed by atoms with van der Waals surface area (Å²) in [6.45, 7) is 6.42. The second kappa shape index (κ2) is 8.62. The minimum absolute atomic E-state index is 0.102. The summed E-state index contributed by atoms with van der Waals surface area (Å²) in [4.78, 5) is 17.1. The van der Waals surface area contributed by atoms with Crippen LogP contribution in [0.1, 0.15) is 45.1 Å². The van der Waals surface area contributed by atoms with Crippen molar-refractivity contribution in [2.45, 2.75) is 56.5 Å². The molecule has 0 aliphatic carbocycles. The minimum atomic E-state index is -3.34. The smallest absolute Gasteiger partial charge is 0.222 e. The van der Waals surface area contributed by atoms with Gasteiger partial charge < -0.3 is 4.90 Å². The molecular weight excluding hydrogens is 374 g/mol. The predicted octanol–water partition coefficient (Wildman–Crippen LogP) is 2.44. The van der Waals surface area contributed by atoms with Gasteiger partial charge in [-0.25, -0.2) is 8.42 Å². The van der Waals surface area contributed by atoms with E-state index < -0.39 is 9.84 Å². The fourth-order valence-electron chi connectivity index (χ4n) is 4.33. The normalized spacial score (nSPS) is 22.4. The number of amides is 1. The third-order valence-corrected chi connectivity index (χ3v) is 7.56. The van der Waals surface area contributed by atoms with Crippen LogP contribution in [0.4, 0.5) is 0 Å². The summed E-state index contributed by atoms with van der Waals surface area (Å²) < 4.78 is 25.1. The summed E-state index contributed by atoms with van der Waals surface area (Å²) in [6.07, 6.45) is 3.34. The van der Waals surface area contributed by atoms with Crippen molar-refractivity contribution in [3.8, 4) is 6.07 Å². The summed E-state index contributed by atoms with van der Waals surface area (Å²) in [7, 11) is -3.34. The van der Waals surface area contributed by atoms with E-state index in [1.165, 1.54) is 12.1 Å². The van der Waals surface area contributed by atoms with Gasteiger partial charge in [-0.1, -0.05) is 13.8 Å². The monoisotopic (exact) mass is 403 g/mol. The lowest BCUT2D eigenvalue weighted by Crippen LogP contribution is -2.55. The molecule has 0 saturated carbocycles. The number of nitrogens with zero attached hydrogens (tertiary/aromatic N) is 3. The zero-order valence-corrected chi connectivity index (χ0v) is 17.5. The number of piperazine rings is 1. The highest BCUT2D eigenvalue weighted by Crippen LogP contribution is 2.31. The van der Waals surface area contributed by atoms with Crippen LogP contribution >= 0.6 is 0 Å². The number of rotatable bonds is 7. The van der Waals surface area contributed by atoms with E-state index in [4.69, 9.17) is 5.26 Å². The van der Waals surface area contributed by atoms with Crippen LogP contribution in [0.15, 0.2) is 29.2 Å². The van der Waals surface area contributed by atoms with E-state index in [1.807, 2.05) is 11.0 Å². The molecule has 152 valence electrons. The molecule has 2 atom stereocenters. The number of sulfone groups is 1. The first-order valence-electron chi connectivity index (χ1n) is 10.1. The first kappa shape index (κ1) is 20.8. The van der Waals surface area contributed by atoms with Crippen molar-refractivity contribution in [1.29, 1.82) is 5.26 Å². The first-order valence-corrected chi connectivity index (χ1v) is 11.7. The molecule has 0 N–H and O–H groups in total. The van der Waals surface area contributed by atoms with Gasteiger partial charge in [0.15, 0.2) is 9.84 Å². The molecule has 0 spiro atoms. The van der Waals surface area contributed by atoms with Crippen LogP contribution in [0.5, 0.6) is 0 Å². The number of carbonyl (C=O) groups is 1. The van der Waals surface area contributed by atoms with E-state index in [2.05, 4.69) is 18.7 Å². The molecular formula is C21H29N3O3S. The van der Waals surface area contributed by atoms with Crippen LogP contribution < -0.4 is 0 Å². The van der Waals surface area contributed by atoms with Crippen molar-refractivity contribution >= 4 is 15.7 Å². The molecule has 2 fully saturated rings. The van der Waals surface area contributed by atoms with Gasteiger partial charge in [0.25, 0.3) is 0 Å². The molecule has 1 amide bonds. The van der Waals surface area contributed by atoms with Crippen molar-refractivity contribution in [2.24, 2.45) is 5.92 Å². The zero-order valence-electron chi connectivity index (χ0n) is 16.7. The van der Waals surface area contributed by atoms with Crippen LogP contribution in [-0.2, 0) is 14.6 Å². The van der Waals surface area contributed by atoms with Gasteiger partial charge in [0.05, 0.1) is 22.3 Å². The lowest BCUT2D eigenvalue weighted by molar-refractivity contribution is -0.135. The lowest BCUT2D eigenvalue weighted by atomic mass is 10.1. The maximum Gasteiger partial charge on any atom is 0.222 e. The Morgan fingerprint density at radius 3 is 2.32 bits per heavy atom. The number of fused-ring (bicyclic) bond motifs is 2. The van der Waals surface area contributed by atoms with Crippen molar-refractivity contribution in [3.05, 3.63) is 29.8 Å². The van der Waals surface area contributed by atoms with Crippen LogP contribution in [-0.4, -0.2) is 61.6 Å². The molecule has 2 aliphatic heterocycles. The minimum Gasteiger partial charge on any atom is -0.340 e. The average molecular weight is 404 g/mol. The quantitative estimate of drug-likeness (QED) is 0.698. The van der Waals surface area contributed by atoms with E-state index in [0.29, 0.717) is 36.4 Å². The second-order valence-corrected chi connectivity index (χ2v) is 10.4. The number of benzene rings is 1. The molecule has 1 aromatic carbocycles. The average Bonchev–Trinajstić information content (AvgIpc) is 2.88. The summed E-state index contributed by atoms with van der Waals surface area (Å²) >= 11 is 0. The Morgan fingerprint density at radius 2 is 1.79 bits per heavy atom. The molecule has 1 aromatic rings. The Morgan fingerprint density at radius 1 is 1.18 bits per heavy atom. The molecule has 2 aliphatic rings. The largest absolute Gasteiger partial charge is 0.340 e. The summed E-state index contributed by atoms with van der Waals surface area (Å²) in [5, 5.41) is 8.84. The molecule has 28 heavy (non-hydrogen) atoms. The first-order chi connectivity index (χ1) is 13.3. The van der Waals surface area contributed by atoms with Crippen LogP contribution in [0.2, 0.25) is 0 Å². The maximum absolute atomic E-state index is 12.5. The van der Waals surface area contributed by atoms with Crippen LogP contribution in [0.25, 0.3) is 0 Å². The lowest BCUT2D eigenvalue weighted by Gasteiger charge is -2.41. The van der Waals surface area contributed by atoms with Gasteiger partial charge in [0.1, 0.15) is 0 Å². The number of hydrogen-bond donors (Lipinski definition) is 0. The summed E-state index contributed by atoms with van der Waals surface area (Å²) in [5.74, 6) is 0.718. The van der Waals surface area contributed by atoms with Gasteiger partial charge in [0.2, 0.25) is 5.91 Å². The third kappa shape index (κ3) is 4.73. The Balaban J connectivity index is 1.53. The van der Waals surface area contributed by atoms with Crippen LogP contribution in [0, 0.1) is 17.2 Å². The Hall–Kier alpha value is -1.91. The standard InChI is InChI=1S/C21H29N3O3S/c1-16(2)12-21(25)23-14-18-6-7-19(15-23)24(18)10-3-11-28(26,27)20-8-4-17(13-22)5-9-20/h4-5,8-9,16,18-19H,3,6-7,10-12,14-15H2,1-2H3. The van der Waals surface area contributed by atoms with Crippen molar-refractivity contribution in [2.75, 3.05) is 25.4 Å². The predicted molar refractivity (Wildman–Crippen MR) is 107 cm³/mol. The van der Waals surface area contributed by atoms with Gasteiger partial charge in [-0.15, -0.1) is 0 Å². The second-order valence-electron chi connectivity index (χ2n) is 8.33. The van der Waals surface area contributed by atoms with Gasteiger partial charge in [0, 0.05) is 31.6 Å². The molecule has 2 heterocycles. The molecule has 7 heteroatoms. The van der Waals surface area contributed by atoms with Crippen LogP contribution in [0.3, 0.4) is 0 Å². The molecule has 6 nitrogen and oxygen atoms in total. The Bertz CT molecular complexity index is 829. The number of likely N-dealkylation sites (tertiary alicyclic amines) is 1. The third-order valence-electron chi connectivity index (χ3n) is 5.74. The number of carbonyl (C=O) groups excluding carboxylic acids is 1. The maximum atomic E-state index is 12.5. The fourth-order valence-corrected chi connectivity index (χ4v) is 5.62. The summed E-state index contributed by atoms with van der Waals surface area (Å²) in [6, 6.07) is 8.81. The highest BCUT2D eigenvalue weighted by atomic mass is 32.2. The fraction of sp³-hybridized carbons (Fsp3) is 0.619. The van der Waals surface area contributed by atoms with E-state index in [0.717, 1.165) is 32.5 Å². The number of nitriles is 1. The Kier molecular flexibility index (Phi) is 6.41. The van der Waals surface area contributed by atoms with Gasteiger partial charge in [-0.3, -0.25) is 9.69 Å². The topological polar surface area (TPSA) is 81.5 Å². The highest BCUT2D eigenvalue weighted by Gasteiger charge is 2.40. The van der Waals surface area contributed by atoms with Gasteiger partial charge in [-0.05, 0) is 56.0 Å². The van der Waals surface area contributed by atoms with E-state index in [1.54, 1.807) is 12.1 Å². The number of hydrogen-bond acceptors (Lipinski definition) is 5. The molecule has 2 bridgehead atoms. The van der Waals surface area contributed by atoms with E-state index in [9.17, 15) is 13.2 Å².